The minimum Gasteiger partial charge on any atom is -0.509 e. The summed E-state index contributed by atoms with van der Waals surface area (Å²) >= 11 is 0. The molecule has 7 heteroatoms. The molecule has 1 aliphatic rings. The molecule has 9 aromatic rings. The summed E-state index contributed by atoms with van der Waals surface area (Å²) < 4.78 is 27.4. The fourth-order valence-corrected chi connectivity index (χ4v) is 9.05. The monoisotopic (exact) mass is 1070 g/mol. The SMILES string of the molecule is Cc1cc(-n2c3[c-]c(Oc4[c-]c([N+]5=C=[N+](c6cc(C(C)(C)C)cc(C(C)(C)C)c6)c6c(-c7cccc(C(C)(C)C)c7)cccc65)ccc4)ccc3c3ccccc32)ncc1-c1cccc(F)c1.[Pt+2]. The van der Waals surface area contributed by atoms with Gasteiger partial charge >= 0.3 is 32.8 Å². The Morgan fingerprint density at radius 3 is 1.96 bits per heavy atom. The van der Waals surface area contributed by atoms with Crippen molar-refractivity contribution in [3.63, 3.8) is 0 Å². The second-order valence-electron chi connectivity index (χ2n) is 20.9. The van der Waals surface area contributed by atoms with Crippen LogP contribution in [0.15, 0.2) is 152 Å². The van der Waals surface area contributed by atoms with Gasteiger partial charge in [0.2, 0.25) is 5.69 Å². The molecule has 0 N–H and O–H groups in total. The Hall–Kier alpha value is -6.71. The number of hydrogen-bond acceptors (Lipinski definition) is 2. The summed E-state index contributed by atoms with van der Waals surface area (Å²) in [6, 6.07) is 60.5. The molecular weight excluding hydrogens is 1020 g/mol. The van der Waals surface area contributed by atoms with E-state index < -0.39 is 0 Å². The van der Waals surface area contributed by atoms with Crippen LogP contribution in [0.3, 0.4) is 0 Å². The van der Waals surface area contributed by atoms with Gasteiger partial charge in [0.1, 0.15) is 17.3 Å². The minimum absolute atomic E-state index is 0. The van der Waals surface area contributed by atoms with E-state index in [4.69, 9.17) is 9.72 Å². The van der Waals surface area contributed by atoms with Crippen LogP contribution in [-0.2, 0) is 37.3 Å². The number of aromatic nitrogens is 2. The molecule has 0 radical (unpaired) electrons. The van der Waals surface area contributed by atoms with E-state index in [0.29, 0.717) is 11.5 Å². The molecule has 0 spiro atoms. The van der Waals surface area contributed by atoms with Crippen molar-refractivity contribution < 1.29 is 30.2 Å². The topological polar surface area (TPSA) is 33.1 Å². The maximum atomic E-state index is 14.2. The number of nitrogens with zero attached hydrogens (tertiary/aromatic N) is 4. The fraction of sp³-hybridized carbons (Fsp3) is 0.213. The predicted octanol–water partition coefficient (Wildman–Crippen LogP) is 16.1. The van der Waals surface area contributed by atoms with Crippen molar-refractivity contribution >= 4 is 50.6 Å². The Balaban J connectivity index is 0.00000578. The molecule has 0 amide bonds. The Kier molecular flexibility index (Phi) is 11.9. The molecule has 0 saturated carbocycles. The Morgan fingerprint density at radius 2 is 1.25 bits per heavy atom. The summed E-state index contributed by atoms with van der Waals surface area (Å²) in [6.07, 6.45) is 1.82. The molecule has 1 aliphatic heterocycles. The molecule has 0 bridgehead atoms. The van der Waals surface area contributed by atoms with Crippen molar-refractivity contribution in [3.05, 3.63) is 192 Å². The Bertz CT molecular complexity index is 3490. The molecule has 0 fully saturated rings. The molecule has 5 nitrogen and oxygen atoms in total. The zero-order chi connectivity index (χ0) is 47.0. The molecular formula is C61H55FN4OPt+2. The number of fused-ring (bicyclic) bond motifs is 4. The quantitative estimate of drug-likeness (QED) is 0.118. The van der Waals surface area contributed by atoms with Crippen LogP contribution in [0.25, 0.3) is 49.9 Å². The molecule has 3 heterocycles. The fourth-order valence-electron chi connectivity index (χ4n) is 9.05. The number of aryl methyl sites for hydroxylation is 1. The third-order valence-corrected chi connectivity index (χ3v) is 12.9. The van der Waals surface area contributed by atoms with Crippen LogP contribution in [0.4, 0.5) is 27.1 Å². The molecule has 10 rings (SSSR count). The molecule has 7 aromatic carbocycles. The van der Waals surface area contributed by atoms with Gasteiger partial charge < -0.3 is 9.30 Å². The standard InChI is InChI=1S/C61H55FN4O.Pt/c1-39-29-57(63-37-53(39)41-18-14-20-45(62)31-41)66-54-25-12-11-23-51(54)52-28-27-49(36-56(52)66)67-48-22-15-21-46(35-48)64-38-65(47-33-43(60(5,6)7)32-44(34-47)61(8,9)10)58-50(24-16-26-55(58)64)40-17-13-19-42(30-40)59(2,3)4;/h11-34,37H,1-10H3;/q;+2. The first-order valence-electron chi connectivity index (χ1n) is 23.1. The van der Waals surface area contributed by atoms with Crippen molar-refractivity contribution in [2.75, 3.05) is 0 Å². The molecule has 0 atom stereocenters. The number of halogens is 1. The number of hydrogen-bond donors (Lipinski definition) is 0. The van der Waals surface area contributed by atoms with Gasteiger partial charge in [0.15, 0.2) is 0 Å². The average Bonchev–Trinajstić information content (AvgIpc) is 3.84. The molecule has 0 aliphatic carbocycles. The average molecular weight is 1070 g/mol. The van der Waals surface area contributed by atoms with Crippen molar-refractivity contribution in [1.29, 1.82) is 0 Å². The van der Waals surface area contributed by atoms with Crippen LogP contribution in [0, 0.1) is 24.9 Å². The van der Waals surface area contributed by atoms with Gasteiger partial charge in [0.25, 0.3) is 5.69 Å². The summed E-state index contributed by atoms with van der Waals surface area (Å²) in [5, 5.41) is 2.11. The summed E-state index contributed by atoms with van der Waals surface area (Å²) in [5.41, 5.74) is 14.3. The predicted molar refractivity (Wildman–Crippen MR) is 275 cm³/mol. The van der Waals surface area contributed by atoms with Crippen molar-refractivity contribution in [3.8, 4) is 39.6 Å². The molecule has 2 aromatic heterocycles. The molecule has 0 saturated heterocycles. The molecule has 68 heavy (non-hydrogen) atoms. The maximum absolute atomic E-state index is 14.2. The van der Waals surface area contributed by atoms with Crippen LogP contribution in [0.5, 0.6) is 11.5 Å². The van der Waals surface area contributed by atoms with E-state index in [9.17, 15) is 4.39 Å². The van der Waals surface area contributed by atoms with Gasteiger partial charge in [-0.3, -0.25) is 0 Å². The van der Waals surface area contributed by atoms with Crippen molar-refractivity contribution in [2.45, 2.75) is 85.5 Å². The molecule has 0 unspecified atom stereocenters. The molecule has 340 valence electrons. The summed E-state index contributed by atoms with van der Waals surface area (Å²) in [5.74, 6) is 1.55. The van der Waals surface area contributed by atoms with Gasteiger partial charge in [-0.1, -0.05) is 151 Å². The summed E-state index contributed by atoms with van der Waals surface area (Å²) in [7, 11) is 0. The first-order valence-corrected chi connectivity index (χ1v) is 23.1. The summed E-state index contributed by atoms with van der Waals surface area (Å²) in [6.45, 7) is 22.5. The number of benzene rings is 7. The van der Waals surface area contributed by atoms with Crippen LogP contribution in [0.1, 0.15) is 84.6 Å². The normalized spacial score (nSPS) is 12.8. The van der Waals surface area contributed by atoms with Gasteiger partial charge in [0, 0.05) is 47.0 Å². The van der Waals surface area contributed by atoms with Gasteiger partial charge in [-0.2, -0.15) is 12.1 Å². The smallest absolute Gasteiger partial charge is 0.509 e. The first kappa shape index (κ1) is 46.4. The number of rotatable bonds is 7. The Labute approximate surface area is 414 Å². The second-order valence-corrected chi connectivity index (χ2v) is 20.9. The van der Waals surface area contributed by atoms with Crippen LogP contribution < -0.4 is 13.9 Å². The largest absolute Gasteiger partial charge is 2.00 e. The van der Waals surface area contributed by atoms with E-state index in [1.807, 2.05) is 55.6 Å². The number of pyridine rings is 1. The zero-order valence-corrected chi connectivity index (χ0v) is 42.6. The minimum atomic E-state index is -0.278. The Morgan fingerprint density at radius 1 is 0.588 bits per heavy atom. The number of para-hydroxylation sites is 2. The van der Waals surface area contributed by atoms with Gasteiger partial charge in [-0.15, -0.1) is 23.6 Å². The van der Waals surface area contributed by atoms with E-state index in [2.05, 4.69) is 179 Å². The van der Waals surface area contributed by atoms with Crippen molar-refractivity contribution in [1.82, 2.24) is 18.7 Å². The zero-order valence-electron chi connectivity index (χ0n) is 40.3. The van der Waals surface area contributed by atoms with Gasteiger partial charge in [0.05, 0.1) is 5.56 Å². The van der Waals surface area contributed by atoms with Crippen LogP contribution >= 0.6 is 0 Å². The van der Waals surface area contributed by atoms with E-state index in [0.717, 1.165) is 78.2 Å². The third-order valence-electron chi connectivity index (χ3n) is 12.9. The van der Waals surface area contributed by atoms with Crippen molar-refractivity contribution in [2.24, 2.45) is 0 Å². The third kappa shape index (κ3) is 8.69. The second kappa shape index (κ2) is 17.4. The van der Waals surface area contributed by atoms with Gasteiger partial charge in [-0.05, 0) is 96.8 Å². The van der Waals surface area contributed by atoms with Crippen LogP contribution in [0.2, 0.25) is 0 Å². The van der Waals surface area contributed by atoms with E-state index >= 15 is 0 Å². The first-order chi connectivity index (χ1) is 31.9. The summed E-state index contributed by atoms with van der Waals surface area (Å²) in [4.78, 5) is 4.93. The van der Waals surface area contributed by atoms with E-state index in [1.54, 1.807) is 12.1 Å². The van der Waals surface area contributed by atoms with E-state index in [1.165, 1.54) is 22.8 Å². The van der Waals surface area contributed by atoms with Crippen LogP contribution in [-0.4, -0.2) is 15.6 Å². The maximum Gasteiger partial charge on any atom is 2.00 e. The van der Waals surface area contributed by atoms with E-state index in [-0.39, 0.29) is 43.1 Å². The van der Waals surface area contributed by atoms with Gasteiger partial charge in [-0.25, -0.2) is 9.37 Å². The number of ether oxygens (including phenoxy) is 1.